The molecular formula is C16H12N2O4S. The second kappa shape index (κ2) is 7.42. The van der Waals surface area contributed by atoms with Gasteiger partial charge in [-0.3, -0.25) is 10.1 Å². The molecule has 2 aromatic carbocycles. The van der Waals surface area contributed by atoms with E-state index in [2.05, 4.69) is 0 Å². The van der Waals surface area contributed by atoms with Gasteiger partial charge in [0.2, 0.25) is 0 Å². The van der Waals surface area contributed by atoms with Crippen LogP contribution in [0.4, 0.5) is 5.69 Å². The van der Waals surface area contributed by atoms with Crippen molar-refractivity contribution in [2.75, 3.05) is 6.61 Å². The van der Waals surface area contributed by atoms with E-state index in [1.807, 2.05) is 6.07 Å². The maximum absolute atomic E-state index is 12.0. The predicted octanol–water partition coefficient (Wildman–Crippen LogP) is 3.79. The normalized spacial score (nSPS) is 9.91. The lowest BCUT2D eigenvalue weighted by Crippen LogP contribution is -2.06. The Bertz CT molecular complexity index is 782. The van der Waals surface area contributed by atoms with Crippen LogP contribution < -0.4 is 0 Å². The van der Waals surface area contributed by atoms with Gasteiger partial charge >= 0.3 is 5.97 Å². The molecule has 0 saturated carbocycles. The fraction of sp³-hybridized carbons (Fsp3) is 0.125. The first-order chi connectivity index (χ1) is 11.0. The van der Waals surface area contributed by atoms with Crippen LogP contribution in [0, 0.1) is 21.4 Å². The molecule has 7 heteroatoms. The summed E-state index contributed by atoms with van der Waals surface area (Å²) in [5.74, 6) is -0.506. The molecule has 0 aromatic heterocycles. The third kappa shape index (κ3) is 4.08. The first-order valence-corrected chi connectivity index (χ1v) is 7.50. The third-order valence-electron chi connectivity index (χ3n) is 2.88. The Morgan fingerprint density at radius 3 is 2.57 bits per heavy atom. The van der Waals surface area contributed by atoms with Crippen molar-refractivity contribution >= 4 is 23.4 Å². The predicted molar refractivity (Wildman–Crippen MR) is 84.3 cm³/mol. The van der Waals surface area contributed by atoms with Crippen LogP contribution in [-0.4, -0.2) is 17.5 Å². The molecule has 2 rings (SSSR count). The van der Waals surface area contributed by atoms with Gasteiger partial charge in [0, 0.05) is 21.9 Å². The van der Waals surface area contributed by atoms with E-state index in [1.54, 1.807) is 31.2 Å². The van der Waals surface area contributed by atoms with Crippen molar-refractivity contribution in [3.8, 4) is 6.07 Å². The van der Waals surface area contributed by atoms with Gasteiger partial charge in [0.1, 0.15) is 0 Å². The smallest absolute Gasteiger partial charge is 0.339 e. The van der Waals surface area contributed by atoms with E-state index in [9.17, 15) is 14.9 Å². The van der Waals surface area contributed by atoms with E-state index in [-0.39, 0.29) is 12.3 Å². The standard InChI is InChI=1S/C16H12N2O4S/c1-2-22-16(19)14-9-11(10-17)3-8-15(14)23-13-6-4-12(5-7-13)18(20)21/h3-9H,2H2,1H3. The van der Waals surface area contributed by atoms with Crippen LogP contribution in [0.3, 0.4) is 0 Å². The lowest BCUT2D eigenvalue weighted by atomic mass is 10.1. The van der Waals surface area contributed by atoms with E-state index in [0.717, 1.165) is 4.90 Å². The average Bonchev–Trinajstić information content (AvgIpc) is 2.56. The summed E-state index contributed by atoms with van der Waals surface area (Å²) < 4.78 is 5.01. The SMILES string of the molecule is CCOC(=O)c1cc(C#N)ccc1Sc1ccc([N+](=O)[O-])cc1. The van der Waals surface area contributed by atoms with Gasteiger partial charge in [-0.05, 0) is 37.3 Å². The number of carbonyl (C=O) groups is 1. The van der Waals surface area contributed by atoms with Crippen LogP contribution in [0.5, 0.6) is 0 Å². The summed E-state index contributed by atoms with van der Waals surface area (Å²) in [5, 5.41) is 19.6. The molecule has 0 unspecified atom stereocenters. The molecule has 0 atom stereocenters. The molecule has 0 aliphatic heterocycles. The molecule has 6 nitrogen and oxygen atoms in total. The molecule has 116 valence electrons. The molecule has 0 fully saturated rings. The topological polar surface area (TPSA) is 93.2 Å². The van der Waals surface area contributed by atoms with Crippen molar-refractivity contribution in [2.24, 2.45) is 0 Å². The molecule has 0 N–H and O–H groups in total. The van der Waals surface area contributed by atoms with E-state index in [1.165, 1.54) is 30.0 Å². The van der Waals surface area contributed by atoms with Crippen LogP contribution in [0.25, 0.3) is 0 Å². The highest BCUT2D eigenvalue weighted by Crippen LogP contribution is 2.32. The zero-order valence-electron chi connectivity index (χ0n) is 12.2. The Balaban J connectivity index is 2.33. The largest absolute Gasteiger partial charge is 0.462 e. The van der Waals surface area contributed by atoms with Gasteiger partial charge in [0.15, 0.2) is 0 Å². The number of nitro groups is 1. The zero-order chi connectivity index (χ0) is 16.8. The Labute approximate surface area is 136 Å². The highest BCUT2D eigenvalue weighted by molar-refractivity contribution is 7.99. The maximum atomic E-state index is 12.0. The Morgan fingerprint density at radius 2 is 2.00 bits per heavy atom. The monoisotopic (exact) mass is 328 g/mol. The zero-order valence-corrected chi connectivity index (χ0v) is 13.0. The quantitative estimate of drug-likeness (QED) is 0.471. The number of carbonyl (C=O) groups excluding carboxylic acids is 1. The summed E-state index contributed by atoms with van der Waals surface area (Å²) in [7, 11) is 0. The lowest BCUT2D eigenvalue weighted by molar-refractivity contribution is -0.384. The van der Waals surface area contributed by atoms with E-state index in [0.29, 0.717) is 16.0 Å². The number of nitro benzene ring substituents is 1. The number of hydrogen-bond donors (Lipinski definition) is 0. The van der Waals surface area contributed by atoms with Crippen molar-refractivity contribution in [2.45, 2.75) is 16.7 Å². The second-order valence-electron chi connectivity index (χ2n) is 4.40. The van der Waals surface area contributed by atoms with Gasteiger partial charge in [-0.25, -0.2) is 4.79 Å². The number of nitrogens with zero attached hydrogens (tertiary/aromatic N) is 2. The average molecular weight is 328 g/mol. The molecule has 0 bridgehead atoms. The summed E-state index contributed by atoms with van der Waals surface area (Å²) in [6.07, 6.45) is 0. The van der Waals surface area contributed by atoms with Crippen molar-refractivity contribution < 1.29 is 14.5 Å². The minimum atomic E-state index is -0.506. The molecule has 0 amide bonds. The van der Waals surface area contributed by atoms with Crippen LogP contribution >= 0.6 is 11.8 Å². The Hall–Kier alpha value is -2.85. The maximum Gasteiger partial charge on any atom is 0.339 e. The van der Waals surface area contributed by atoms with Gasteiger partial charge in [0.25, 0.3) is 5.69 Å². The van der Waals surface area contributed by atoms with Gasteiger partial charge in [-0.15, -0.1) is 0 Å². The molecular weight excluding hydrogens is 316 g/mol. The first-order valence-electron chi connectivity index (χ1n) is 6.68. The number of nitriles is 1. The van der Waals surface area contributed by atoms with Crippen molar-refractivity contribution in [1.29, 1.82) is 5.26 Å². The Kier molecular flexibility index (Phi) is 5.33. The van der Waals surface area contributed by atoms with Crippen LogP contribution in [0.1, 0.15) is 22.8 Å². The van der Waals surface area contributed by atoms with Gasteiger partial charge in [0.05, 0.1) is 28.7 Å². The summed E-state index contributed by atoms with van der Waals surface area (Å²) in [5.41, 5.74) is 0.662. The summed E-state index contributed by atoms with van der Waals surface area (Å²) >= 11 is 1.28. The first kappa shape index (κ1) is 16.5. The highest BCUT2D eigenvalue weighted by Gasteiger charge is 2.15. The number of non-ortho nitro benzene ring substituents is 1. The lowest BCUT2D eigenvalue weighted by Gasteiger charge is -2.09. The van der Waals surface area contributed by atoms with E-state index >= 15 is 0 Å². The fourth-order valence-electron chi connectivity index (χ4n) is 1.82. The van der Waals surface area contributed by atoms with E-state index in [4.69, 9.17) is 10.00 Å². The molecule has 0 radical (unpaired) electrons. The minimum Gasteiger partial charge on any atom is -0.462 e. The summed E-state index contributed by atoms with van der Waals surface area (Å²) in [4.78, 5) is 23.6. The van der Waals surface area contributed by atoms with Crippen LogP contribution in [-0.2, 0) is 4.74 Å². The third-order valence-corrected chi connectivity index (χ3v) is 3.96. The number of rotatable bonds is 5. The molecule has 0 aliphatic rings. The molecule has 0 heterocycles. The number of esters is 1. The fourth-order valence-corrected chi connectivity index (χ4v) is 2.73. The highest BCUT2D eigenvalue weighted by atomic mass is 32.2. The van der Waals surface area contributed by atoms with Crippen LogP contribution in [0.15, 0.2) is 52.3 Å². The van der Waals surface area contributed by atoms with Crippen molar-refractivity contribution in [3.05, 3.63) is 63.7 Å². The molecule has 0 spiro atoms. The van der Waals surface area contributed by atoms with E-state index < -0.39 is 10.9 Å². The molecule has 0 saturated heterocycles. The molecule has 0 aliphatic carbocycles. The van der Waals surface area contributed by atoms with Gasteiger partial charge < -0.3 is 4.74 Å². The number of hydrogen-bond acceptors (Lipinski definition) is 6. The second-order valence-corrected chi connectivity index (χ2v) is 5.51. The van der Waals surface area contributed by atoms with Gasteiger partial charge in [-0.2, -0.15) is 5.26 Å². The summed E-state index contributed by atoms with van der Waals surface area (Å²) in [6.45, 7) is 1.94. The number of ether oxygens (including phenoxy) is 1. The van der Waals surface area contributed by atoms with Crippen LogP contribution in [0.2, 0.25) is 0 Å². The Morgan fingerprint density at radius 1 is 1.30 bits per heavy atom. The summed E-state index contributed by atoms with van der Waals surface area (Å²) in [6, 6.07) is 12.7. The number of benzene rings is 2. The van der Waals surface area contributed by atoms with Crippen molar-refractivity contribution in [1.82, 2.24) is 0 Å². The minimum absolute atomic E-state index is 0.000190. The van der Waals surface area contributed by atoms with Gasteiger partial charge in [-0.1, -0.05) is 11.8 Å². The molecule has 2 aromatic rings. The molecule has 23 heavy (non-hydrogen) atoms. The van der Waals surface area contributed by atoms with Crippen molar-refractivity contribution in [3.63, 3.8) is 0 Å².